The molecule has 0 aliphatic rings. The highest BCUT2D eigenvalue weighted by Crippen LogP contribution is 2.16. The highest BCUT2D eigenvalue weighted by Gasteiger charge is 2.05. The van der Waals surface area contributed by atoms with Crippen LogP contribution in [0.1, 0.15) is 11.1 Å². The van der Waals surface area contributed by atoms with Gasteiger partial charge in [-0.3, -0.25) is 0 Å². The lowest BCUT2D eigenvalue weighted by Crippen LogP contribution is -2.03. The van der Waals surface area contributed by atoms with Crippen LogP contribution in [0.4, 0.5) is 14.5 Å². The SMILES string of the molecule is N#Cc1ccc(F)c(CNc2ccccc2F)c1. The van der Waals surface area contributed by atoms with Gasteiger partial charge >= 0.3 is 0 Å². The smallest absolute Gasteiger partial charge is 0.146 e. The summed E-state index contributed by atoms with van der Waals surface area (Å²) in [6.07, 6.45) is 0. The van der Waals surface area contributed by atoms with Gasteiger partial charge in [0.05, 0.1) is 17.3 Å². The predicted molar refractivity (Wildman–Crippen MR) is 64.8 cm³/mol. The predicted octanol–water partition coefficient (Wildman–Crippen LogP) is 3.45. The molecule has 0 saturated heterocycles. The minimum atomic E-state index is -0.419. The number of benzene rings is 2. The first kappa shape index (κ1) is 12.1. The zero-order chi connectivity index (χ0) is 13.0. The maximum atomic E-state index is 13.5. The fourth-order valence-corrected chi connectivity index (χ4v) is 1.57. The van der Waals surface area contributed by atoms with Crippen molar-refractivity contribution in [2.45, 2.75) is 6.54 Å². The van der Waals surface area contributed by atoms with Gasteiger partial charge in [0, 0.05) is 12.1 Å². The zero-order valence-corrected chi connectivity index (χ0v) is 9.45. The maximum absolute atomic E-state index is 13.5. The molecule has 0 saturated carbocycles. The van der Waals surface area contributed by atoms with Crippen LogP contribution in [0.25, 0.3) is 0 Å². The largest absolute Gasteiger partial charge is 0.378 e. The molecule has 90 valence electrons. The number of nitrogens with zero attached hydrogens (tertiary/aromatic N) is 1. The van der Waals surface area contributed by atoms with Crippen molar-refractivity contribution in [1.82, 2.24) is 0 Å². The highest BCUT2D eigenvalue weighted by molar-refractivity contribution is 5.45. The Morgan fingerprint density at radius 2 is 1.83 bits per heavy atom. The van der Waals surface area contributed by atoms with Crippen molar-refractivity contribution in [3.05, 3.63) is 65.2 Å². The monoisotopic (exact) mass is 244 g/mol. The minimum Gasteiger partial charge on any atom is -0.378 e. The maximum Gasteiger partial charge on any atom is 0.146 e. The van der Waals surface area contributed by atoms with Crippen molar-refractivity contribution in [2.24, 2.45) is 0 Å². The second kappa shape index (κ2) is 5.28. The van der Waals surface area contributed by atoms with Crippen LogP contribution in [0.3, 0.4) is 0 Å². The van der Waals surface area contributed by atoms with Gasteiger partial charge < -0.3 is 5.32 Å². The Kier molecular flexibility index (Phi) is 3.54. The zero-order valence-electron chi connectivity index (χ0n) is 9.45. The molecule has 2 rings (SSSR count). The first-order valence-corrected chi connectivity index (χ1v) is 5.37. The van der Waals surface area contributed by atoms with Gasteiger partial charge in [0.2, 0.25) is 0 Å². The third-order valence-corrected chi connectivity index (χ3v) is 2.52. The summed E-state index contributed by atoms with van der Waals surface area (Å²) in [4.78, 5) is 0. The van der Waals surface area contributed by atoms with Gasteiger partial charge in [-0.2, -0.15) is 5.26 Å². The van der Waals surface area contributed by atoms with Gasteiger partial charge in [-0.05, 0) is 30.3 Å². The van der Waals surface area contributed by atoms with Crippen LogP contribution in [0.2, 0.25) is 0 Å². The van der Waals surface area contributed by atoms with E-state index in [9.17, 15) is 8.78 Å². The molecule has 18 heavy (non-hydrogen) atoms. The van der Waals surface area contributed by atoms with Crippen LogP contribution in [0.5, 0.6) is 0 Å². The number of nitrogens with one attached hydrogen (secondary N) is 1. The van der Waals surface area contributed by atoms with E-state index in [1.54, 1.807) is 18.2 Å². The molecule has 0 aliphatic heterocycles. The van der Waals surface area contributed by atoms with Crippen molar-refractivity contribution < 1.29 is 8.78 Å². The molecule has 0 bridgehead atoms. The molecular formula is C14H10F2N2. The lowest BCUT2D eigenvalue weighted by molar-refractivity contribution is 0.610. The van der Waals surface area contributed by atoms with E-state index in [0.717, 1.165) is 0 Å². The van der Waals surface area contributed by atoms with E-state index in [-0.39, 0.29) is 6.54 Å². The van der Waals surface area contributed by atoms with Gasteiger partial charge in [-0.1, -0.05) is 12.1 Å². The highest BCUT2D eigenvalue weighted by atomic mass is 19.1. The number of rotatable bonds is 3. The van der Waals surface area contributed by atoms with Gasteiger partial charge in [0.25, 0.3) is 0 Å². The second-order valence-corrected chi connectivity index (χ2v) is 3.75. The summed E-state index contributed by atoms with van der Waals surface area (Å²) in [5.74, 6) is -0.813. The number of nitriles is 1. The summed E-state index contributed by atoms with van der Waals surface area (Å²) < 4.78 is 26.8. The van der Waals surface area contributed by atoms with Crippen molar-refractivity contribution >= 4 is 5.69 Å². The fourth-order valence-electron chi connectivity index (χ4n) is 1.57. The summed E-state index contributed by atoms with van der Waals surface area (Å²) in [5.41, 5.74) is 1.01. The molecule has 0 fully saturated rings. The molecule has 0 atom stereocenters. The van der Waals surface area contributed by atoms with E-state index < -0.39 is 11.6 Å². The van der Waals surface area contributed by atoms with Crippen LogP contribution in [0.15, 0.2) is 42.5 Å². The van der Waals surface area contributed by atoms with Gasteiger partial charge in [0.15, 0.2) is 0 Å². The lowest BCUT2D eigenvalue weighted by Gasteiger charge is -2.08. The molecule has 1 N–H and O–H groups in total. The van der Waals surface area contributed by atoms with E-state index in [0.29, 0.717) is 16.8 Å². The van der Waals surface area contributed by atoms with Crippen LogP contribution in [-0.2, 0) is 6.54 Å². The minimum absolute atomic E-state index is 0.127. The summed E-state index contributed by atoms with van der Waals surface area (Å²) in [6, 6.07) is 12.2. The average Bonchev–Trinajstić information content (AvgIpc) is 2.39. The van der Waals surface area contributed by atoms with Crippen LogP contribution < -0.4 is 5.32 Å². The Labute approximate surface area is 103 Å². The summed E-state index contributed by atoms with van der Waals surface area (Å²) in [5, 5.41) is 11.5. The Morgan fingerprint density at radius 3 is 2.56 bits per heavy atom. The molecule has 2 aromatic rings. The molecule has 0 amide bonds. The Morgan fingerprint density at radius 1 is 1.06 bits per heavy atom. The first-order valence-electron chi connectivity index (χ1n) is 5.37. The topological polar surface area (TPSA) is 35.8 Å². The fraction of sp³-hybridized carbons (Fsp3) is 0.0714. The van der Waals surface area contributed by atoms with E-state index in [2.05, 4.69) is 5.32 Å². The summed E-state index contributed by atoms with van der Waals surface area (Å²) >= 11 is 0. The first-order chi connectivity index (χ1) is 8.70. The molecule has 0 aromatic heterocycles. The Bertz CT molecular complexity index is 603. The third kappa shape index (κ3) is 2.64. The average molecular weight is 244 g/mol. The summed E-state index contributed by atoms with van der Waals surface area (Å²) in [7, 11) is 0. The number of hydrogen-bond donors (Lipinski definition) is 1. The molecular weight excluding hydrogens is 234 g/mol. The third-order valence-electron chi connectivity index (χ3n) is 2.52. The normalized spacial score (nSPS) is 9.83. The lowest BCUT2D eigenvalue weighted by atomic mass is 10.1. The molecule has 4 heteroatoms. The van der Waals surface area contributed by atoms with Crippen molar-refractivity contribution in [1.29, 1.82) is 5.26 Å². The van der Waals surface area contributed by atoms with Crippen LogP contribution in [0, 0.1) is 23.0 Å². The van der Waals surface area contributed by atoms with Crippen LogP contribution in [-0.4, -0.2) is 0 Å². The standard InChI is InChI=1S/C14H10F2N2/c15-12-6-5-10(8-17)7-11(12)9-18-14-4-2-1-3-13(14)16/h1-7,18H,9H2. The van der Waals surface area contributed by atoms with Crippen molar-refractivity contribution in [3.8, 4) is 6.07 Å². The van der Waals surface area contributed by atoms with E-state index in [4.69, 9.17) is 5.26 Å². The van der Waals surface area contributed by atoms with E-state index in [1.807, 2.05) is 6.07 Å². The van der Waals surface area contributed by atoms with Gasteiger partial charge in [0.1, 0.15) is 11.6 Å². The molecule has 0 radical (unpaired) electrons. The number of para-hydroxylation sites is 1. The second-order valence-electron chi connectivity index (χ2n) is 3.75. The van der Waals surface area contributed by atoms with E-state index in [1.165, 1.54) is 24.3 Å². The number of anilines is 1. The summed E-state index contributed by atoms with van der Waals surface area (Å²) in [6.45, 7) is 0.127. The van der Waals surface area contributed by atoms with Gasteiger partial charge in [-0.25, -0.2) is 8.78 Å². The number of hydrogen-bond acceptors (Lipinski definition) is 2. The molecule has 2 aromatic carbocycles. The molecule has 0 heterocycles. The number of halogens is 2. The molecule has 0 aliphatic carbocycles. The van der Waals surface area contributed by atoms with Crippen LogP contribution >= 0.6 is 0 Å². The quantitative estimate of drug-likeness (QED) is 0.897. The Hall–Kier alpha value is -2.41. The molecule has 2 nitrogen and oxygen atoms in total. The van der Waals surface area contributed by atoms with Crippen molar-refractivity contribution in [3.63, 3.8) is 0 Å². The molecule has 0 unspecified atom stereocenters. The van der Waals surface area contributed by atoms with E-state index >= 15 is 0 Å². The van der Waals surface area contributed by atoms with Crippen molar-refractivity contribution in [2.75, 3.05) is 5.32 Å². The molecule has 0 spiro atoms. The Balaban J connectivity index is 2.16. The van der Waals surface area contributed by atoms with Gasteiger partial charge in [-0.15, -0.1) is 0 Å².